The molecule has 6 heteroatoms. The molecule has 6 nitrogen and oxygen atoms in total. The average Bonchev–Trinajstić information content (AvgIpc) is 2.70. The van der Waals surface area contributed by atoms with E-state index < -0.39 is 11.9 Å². The second-order valence-electron chi connectivity index (χ2n) is 4.32. The third kappa shape index (κ3) is 3.44. The van der Waals surface area contributed by atoms with Crippen molar-refractivity contribution in [2.45, 2.75) is 32.7 Å². The quantitative estimate of drug-likeness (QED) is 0.701. The molecule has 1 rings (SSSR count). The summed E-state index contributed by atoms with van der Waals surface area (Å²) in [5, 5.41) is 11.4. The van der Waals surface area contributed by atoms with Gasteiger partial charge < -0.3 is 15.3 Å². The zero-order chi connectivity index (χ0) is 13.0. The first-order valence-corrected chi connectivity index (χ1v) is 5.74. The molecule has 0 radical (unpaired) electrons. The molecule has 0 bridgehead atoms. The van der Waals surface area contributed by atoms with E-state index in [4.69, 9.17) is 5.11 Å². The van der Waals surface area contributed by atoms with Crippen molar-refractivity contribution in [3.8, 4) is 0 Å². The van der Waals surface area contributed by atoms with E-state index in [0.717, 1.165) is 0 Å². The van der Waals surface area contributed by atoms with Gasteiger partial charge in [0.15, 0.2) is 0 Å². The molecule has 17 heavy (non-hydrogen) atoms. The molecule has 0 aliphatic carbocycles. The summed E-state index contributed by atoms with van der Waals surface area (Å²) in [5.74, 6) is -1.85. The van der Waals surface area contributed by atoms with Gasteiger partial charge in [-0.15, -0.1) is 0 Å². The zero-order valence-corrected chi connectivity index (χ0v) is 10.1. The van der Waals surface area contributed by atoms with Crippen LogP contribution < -0.4 is 5.32 Å². The van der Waals surface area contributed by atoms with Gasteiger partial charge in [0.05, 0.1) is 5.92 Å². The van der Waals surface area contributed by atoms with Gasteiger partial charge >= 0.3 is 5.97 Å². The van der Waals surface area contributed by atoms with E-state index >= 15 is 0 Å². The lowest BCUT2D eigenvalue weighted by atomic mass is 10.1. The van der Waals surface area contributed by atoms with E-state index in [9.17, 15) is 14.4 Å². The molecule has 2 N–H and O–H groups in total. The van der Waals surface area contributed by atoms with E-state index in [1.807, 2.05) is 13.8 Å². The van der Waals surface area contributed by atoms with Crippen LogP contribution in [0.25, 0.3) is 0 Å². The van der Waals surface area contributed by atoms with Gasteiger partial charge in [-0.1, -0.05) is 6.92 Å². The Morgan fingerprint density at radius 2 is 2.24 bits per heavy atom. The highest BCUT2D eigenvalue weighted by molar-refractivity contribution is 5.90. The molecule has 0 aromatic rings. The minimum absolute atomic E-state index is 0.130. The molecule has 0 aromatic heterocycles. The van der Waals surface area contributed by atoms with Crippen LogP contribution in [0.1, 0.15) is 26.7 Å². The third-order valence-corrected chi connectivity index (χ3v) is 3.04. The molecular formula is C11H18N2O4. The van der Waals surface area contributed by atoms with Crippen LogP contribution in [0.3, 0.4) is 0 Å². The van der Waals surface area contributed by atoms with Crippen molar-refractivity contribution in [3.05, 3.63) is 0 Å². The normalized spacial score (nSPS) is 20.8. The highest BCUT2D eigenvalue weighted by Gasteiger charge is 2.33. The molecule has 1 aliphatic heterocycles. The van der Waals surface area contributed by atoms with Crippen molar-refractivity contribution >= 4 is 17.8 Å². The van der Waals surface area contributed by atoms with Crippen LogP contribution in [-0.2, 0) is 14.4 Å². The van der Waals surface area contributed by atoms with Gasteiger partial charge in [-0.2, -0.15) is 0 Å². The number of carboxylic acid groups (broad SMARTS) is 1. The second kappa shape index (κ2) is 5.65. The monoisotopic (exact) mass is 242 g/mol. The molecule has 1 fully saturated rings. The van der Waals surface area contributed by atoms with Gasteiger partial charge in [0.25, 0.3) is 0 Å². The van der Waals surface area contributed by atoms with Crippen molar-refractivity contribution in [2.75, 3.05) is 13.1 Å². The number of hydrogen-bond acceptors (Lipinski definition) is 3. The number of amides is 2. The van der Waals surface area contributed by atoms with Gasteiger partial charge in [-0.3, -0.25) is 14.4 Å². The van der Waals surface area contributed by atoms with Gasteiger partial charge in [0, 0.05) is 19.0 Å². The molecule has 96 valence electrons. The summed E-state index contributed by atoms with van der Waals surface area (Å²) in [7, 11) is 0. The van der Waals surface area contributed by atoms with Crippen LogP contribution in [0.4, 0.5) is 0 Å². The zero-order valence-electron chi connectivity index (χ0n) is 10.1. The van der Waals surface area contributed by atoms with Crippen molar-refractivity contribution in [3.63, 3.8) is 0 Å². The minimum atomic E-state index is -1.03. The van der Waals surface area contributed by atoms with Crippen LogP contribution in [0.15, 0.2) is 0 Å². The third-order valence-electron chi connectivity index (χ3n) is 3.04. The van der Waals surface area contributed by atoms with E-state index in [-0.39, 0.29) is 30.8 Å². The van der Waals surface area contributed by atoms with Crippen LogP contribution in [0.5, 0.6) is 0 Å². The molecule has 0 saturated carbocycles. The smallest absolute Gasteiger partial charge is 0.323 e. The van der Waals surface area contributed by atoms with Crippen LogP contribution in [-0.4, -0.2) is 46.9 Å². The average molecular weight is 242 g/mol. The first-order chi connectivity index (χ1) is 7.95. The minimum Gasteiger partial charge on any atom is -0.480 e. The number of nitrogens with zero attached hydrogens (tertiary/aromatic N) is 1. The number of carbonyl (C=O) groups excluding carboxylic acids is 2. The highest BCUT2D eigenvalue weighted by atomic mass is 16.4. The number of carboxylic acids is 1. The van der Waals surface area contributed by atoms with E-state index in [1.165, 1.54) is 4.90 Å². The fourth-order valence-electron chi connectivity index (χ4n) is 1.83. The lowest BCUT2D eigenvalue weighted by Gasteiger charge is -2.28. The van der Waals surface area contributed by atoms with Crippen molar-refractivity contribution in [2.24, 2.45) is 5.92 Å². The van der Waals surface area contributed by atoms with Crippen molar-refractivity contribution < 1.29 is 19.5 Å². The topological polar surface area (TPSA) is 86.7 Å². The Bertz CT molecular complexity index is 329. The SMILES string of the molecule is CC[C@H](C)N(CC(=O)O)C(=O)[C@@H]1CNC(=O)C1. The Kier molecular flexibility index (Phi) is 4.48. The number of hydrogen-bond donors (Lipinski definition) is 2. The summed E-state index contributed by atoms with van der Waals surface area (Å²) in [6.07, 6.45) is 0.846. The van der Waals surface area contributed by atoms with Crippen LogP contribution >= 0.6 is 0 Å². The summed E-state index contributed by atoms with van der Waals surface area (Å²) in [6, 6.07) is -0.130. The van der Waals surface area contributed by atoms with Crippen LogP contribution in [0.2, 0.25) is 0 Å². The Balaban J connectivity index is 2.71. The number of carbonyl (C=O) groups is 3. The maximum Gasteiger partial charge on any atom is 0.323 e. The van der Waals surface area contributed by atoms with E-state index in [0.29, 0.717) is 13.0 Å². The maximum atomic E-state index is 12.1. The first-order valence-electron chi connectivity index (χ1n) is 5.74. The molecule has 1 aliphatic rings. The Morgan fingerprint density at radius 1 is 1.59 bits per heavy atom. The molecule has 2 atom stereocenters. The molecule has 2 amide bonds. The predicted molar refractivity (Wildman–Crippen MR) is 60.2 cm³/mol. The van der Waals surface area contributed by atoms with Crippen LogP contribution in [0, 0.1) is 5.92 Å². The van der Waals surface area contributed by atoms with Gasteiger partial charge in [0.2, 0.25) is 11.8 Å². The molecule has 0 aromatic carbocycles. The summed E-state index contributed by atoms with van der Waals surface area (Å²) in [5.41, 5.74) is 0. The highest BCUT2D eigenvalue weighted by Crippen LogP contribution is 2.15. The molecule has 1 heterocycles. The first kappa shape index (κ1) is 13.5. The second-order valence-corrected chi connectivity index (χ2v) is 4.32. The summed E-state index contributed by atoms with van der Waals surface area (Å²) in [4.78, 5) is 35.2. The molecule has 0 spiro atoms. The summed E-state index contributed by atoms with van der Waals surface area (Å²) < 4.78 is 0. The Labute approximate surface area is 100.0 Å². The maximum absolute atomic E-state index is 12.1. The lowest BCUT2D eigenvalue weighted by molar-refractivity contribution is -0.148. The standard InChI is InChI=1S/C11H18N2O4/c1-3-7(2)13(6-10(15)16)11(17)8-4-9(14)12-5-8/h7-8H,3-6H2,1-2H3,(H,12,14)(H,15,16)/t7-,8-/m0/s1. The molecule has 0 unspecified atom stereocenters. The van der Waals surface area contributed by atoms with Crippen molar-refractivity contribution in [1.29, 1.82) is 0 Å². The van der Waals surface area contributed by atoms with E-state index in [2.05, 4.69) is 5.32 Å². The largest absolute Gasteiger partial charge is 0.480 e. The molecule has 1 saturated heterocycles. The summed E-state index contributed by atoms with van der Waals surface area (Å²) >= 11 is 0. The number of aliphatic carboxylic acids is 1. The summed E-state index contributed by atoms with van der Waals surface area (Å²) in [6.45, 7) is 3.71. The fourth-order valence-corrected chi connectivity index (χ4v) is 1.83. The Morgan fingerprint density at radius 3 is 2.65 bits per heavy atom. The van der Waals surface area contributed by atoms with Crippen molar-refractivity contribution in [1.82, 2.24) is 10.2 Å². The van der Waals surface area contributed by atoms with Gasteiger partial charge in [0.1, 0.15) is 6.54 Å². The Hall–Kier alpha value is -1.59. The van der Waals surface area contributed by atoms with E-state index in [1.54, 1.807) is 0 Å². The molecular weight excluding hydrogens is 224 g/mol. The van der Waals surface area contributed by atoms with Gasteiger partial charge in [-0.05, 0) is 13.3 Å². The number of nitrogens with one attached hydrogen (secondary N) is 1. The van der Waals surface area contributed by atoms with Gasteiger partial charge in [-0.25, -0.2) is 0 Å². The number of rotatable bonds is 5. The predicted octanol–water partition coefficient (Wildman–Crippen LogP) is -0.166. The lowest BCUT2D eigenvalue weighted by Crippen LogP contribution is -2.45. The fraction of sp³-hybridized carbons (Fsp3) is 0.727.